The average Bonchev–Trinajstić information content (AvgIpc) is 3.38. The predicted molar refractivity (Wildman–Crippen MR) is 315 cm³/mol. The van der Waals surface area contributed by atoms with Crippen molar-refractivity contribution >= 4 is 11.9 Å². The Morgan fingerprint density at radius 2 is 0.653 bits per heavy atom. The fraction of sp³-hybridized carbons (Fsp3) is 0.939. The van der Waals surface area contributed by atoms with Gasteiger partial charge in [-0.15, -0.1) is 0 Å². The van der Waals surface area contributed by atoms with Gasteiger partial charge in [0.2, 0.25) is 5.91 Å². The van der Waals surface area contributed by atoms with E-state index in [4.69, 9.17) is 4.74 Å². The molecule has 0 aliphatic heterocycles. The molecule has 0 aromatic heterocycles. The van der Waals surface area contributed by atoms with Crippen LogP contribution in [-0.4, -0.2) is 47.4 Å². The fourth-order valence-corrected chi connectivity index (χ4v) is 10.5. The second-order valence-electron chi connectivity index (χ2n) is 22.8. The van der Waals surface area contributed by atoms with E-state index < -0.39 is 12.1 Å². The number of aliphatic hydroxyl groups excluding tert-OH is 2. The molecule has 0 heterocycles. The van der Waals surface area contributed by atoms with Crippen LogP contribution < -0.4 is 5.32 Å². The van der Waals surface area contributed by atoms with Crippen molar-refractivity contribution in [1.82, 2.24) is 5.32 Å². The lowest BCUT2D eigenvalue weighted by Gasteiger charge is -2.22. The summed E-state index contributed by atoms with van der Waals surface area (Å²) >= 11 is 0. The average molecular weight is 1020 g/mol. The van der Waals surface area contributed by atoms with Crippen molar-refractivity contribution in [2.75, 3.05) is 13.2 Å². The smallest absolute Gasteiger partial charge is 0.305 e. The van der Waals surface area contributed by atoms with Gasteiger partial charge in [0.1, 0.15) is 0 Å². The van der Waals surface area contributed by atoms with E-state index >= 15 is 0 Å². The van der Waals surface area contributed by atoms with Crippen LogP contribution in [0.15, 0.2) is 12.2 Å². The van der Waals surface area contributed by atoms with Gasteiger partial charge >= 0.3 is 5.97 Å². The van der Waals surface area contributed by atoms with Crippen LogP contribution in [0.1, 0.15) is 373 Å². The zero-order valence-electron chi connectivity index (χ0n) is 48.9. The molecule has 0 bridgehead atoms. The topological polar surface area (TPSA) is 95.9 Å². The molecule has 2 unspecified atom stereocenters. The van der Waals surface area contributed by atoms with Gasteiger partial charge in [-0.2, -0.15) is 0 Å². The van der Waals surface area contributed by atoms with Gasteiger partial charge in [-0.3, -0.25) is 9.59 Å². The monoisotopic (exact) mass is 1020 g/mol. The van der Waals surface area contributed by atoms with Gasteiger partial charge in [-0.05, 0) is 51.4 Å². The maximum atomic E-state index is 12.5. The summed E-state index contributed by atoms with van der Waals surface area (Å²) in [6, 6.07) is -0.547. The first-order valence-electron chi connectivity index (χ1n) is 32.9. The summed E-state index contributed by atoms with van der Waals surface area (Å²) in [5.74, 6) is -0.0277. The number of amides is 1. The van der Waals surface area contributed by atoms with Gasteiger partial charge in [-0.1, -0.05) is 321 Å². The molecule has 6 nitrogen and oxygen atoms in total. The van der Waals surface area contributed by atoms with E-state index in [0.717, 1.165) is 38.5 Å². The Morgan fingerprint density at radius 1 is 0.375 bits per heavy atom. The van der Waals surface area contributed by atoms with E-state index in [1.54, 1.807) is 0 Å². The summed E-state index contributed by atoms with van der Waals surface area (Å²) < 4.78 is 5.48. The number of allylic oxidation sites excluding steroid dienone is 2. The first-order chi connectivity index (χ1) is 35.5. The molecular weight excluding hydrogens is 887 g/mol. The second-order valence-corrected chi connectivity index (χ2v) is 22.8. The lowest BCUT2D eigenvalue weighted by Crippen LogP contribution is -2.45. The van der Waals surface area contributed by atoms with E-state index in [2.05, 4.69) is 31.3 Å². The Bertz CT molecular complexity index is 1080. The van der Waals surface area contributed by atoms with Gasteiger partial charge in [0.25, 0.3) is 0 Å². The molecule has 0 aromatic carbocycles. The van der Waals surface area contributed by atoms with Gasteiger partial charge in [0.15, 0.2) is 0 Å². The molecule has 0 aromatic rings. The number of hydrogen-bond acceptors (Lipinski definition) is 5. The molecule has 0 radical (unpaired) electrons. The maximum absolute atomic E-state index is 12.5. The molecule has 0 aliphatic rings. The molecule has 6 heteroatoms. The van der Waals surface area contributed by atoms with Crippen LogP contribution in [0, 0.1) is 0 Å². The molecule has 0 aliphatic carbocycles. The highest BCUT2D eigenvalue weighted by molar-refractivity contribution is 5.76. The number of carbonyl (C=O) groups excluding carboxylic acids is 2. The SMILES string of the molecule is CCCCCCCCCCCCCCCCCCCCCCCC(O)C(CO)NC(=O)CCCCCCCCC/C=C\CCCCCCCCCCCCOC(=O)CCCCCCCCCCCCCCC. The summed E-state index contributed by atoms with van der Waals surface area (Å²) in [6.07, 6.45) is 75.2. The molecule has 0 rings (SSSR count). The van der Waals surface area contributed by atoms with Crippen LogP contribution in [0.5, 0.6) is 0 Å². The zero-order chi connectivity index (χ0) is 52.2. The molecule has 3 N–H and O–H groups in total. The van der Waals surface area contributed by atoms with Crippen molar-refractivity contribution in [1.29, 1.82) is 0 Å². The zero-order valence-corrected chi connectivity index (χ0v) is 48.9. The van der Waals surface area contributed by atoms with Gasteiger partial charge in [0, 0.05) is 12.8 Å². The number of aliphatic hydroxyl groups is 2. The van der Waals surface area contributed by atoms with Crippen LogP contribution in [0.4, 0.5) is 0 Å². The van der Waals surface area contributed by atoms with Crippen LogP contribution in [0.3, 0.4) is 0 Å². The molecule has 0 saturated carbocycles. The van der Waals surface area contributed by atoms with Crippen molar-refractivity contribution in [3.8, 4) is 0 Å². The molecule has 2 atom stereocenters. The summed E-state index contributed by atoms with van der Waals surface area (Å²) in [4.78, 5) is 24.6. The molecule has 0 fully saturated rings. The fourth-order valence-electron chi connectivity index (χ4n) is 10.5. The lowest BCUT2D eigenvalue weighted by atomic mass is 10.0. The van der Waals surface area contributed by atoms with Crippen molar-refractivity contribution in [2.24, 2.45) is 0 Å². The number of carbonyl (C=O) groups is 2. The Morgan fingerprint density at radius 3 is 0.986 bits per heavy atom. The van der Waals surface area contributed by atoms with Gasteiger partial charge in [-0.25, -0.2) is 0 Å². The van der Waals surface area contributed by atoms with E-state index in [1.807, 2.05) is 0 Å². The Labute approximate surface area is 450 Å². The Balaban J connectivity index is 3.42. The second kappa shape index (κ2) is 62.1. The van der Waals surface area contributed by atoms with E-state index in [0.29, 0.717) is 25.9 Å². The summed E-state index contributed by atoms with van der Waals surface area (Å²) in [5.41, 5.74) is 0. The third-order valence-electron chi connectivity index (χ3n) is 15.6. The normalized spacial score (nSPS) is 12.6. The first kappa shape index (κ1) is 70.6. The quantitative estimate of drug-likeness (QED) is 0.0320. The summed E-state index contributed by atoms with van der Waals surface area (Å²) in [7, 11) is 0. The van der Waals surface area contributed by atoms with Crippen molar-refractivity contribution < 1.29 is 24.5 Å². The van der Waals surface area contributed by atoms with E-state index in [-0.39, 0.29) is 18.5 Å². The standard InChI is InChI=1S/C66H129NO5/c1-3-5-7-9-11-13-15-17-18-19-20-22-25-28-31-35-38-42-46-50-54-58-64(69)63(62-68)67-65(70)59-55-51-47-43-39-36-32-29-26-23-21-24-27-30-33-37-41-45-49-53-57-61-72-66(71)60-56-52-48-44-40-34-16-14-12-10-8-6-4-2/h23,26,63-64,68-69H,3-22,24-25,27-62H2,1-2H3,(H,67,70)/b26-23-. The molecule has 428 valence electrons. The van der Waals surface area contributed by atoms with Crippen molar-refractivity contribution in [2.45, 2.75) is 386 Å². The van der Waals surface area contributed by atoms with Crippen molar-refractivity contribution in [3.63, 3.8) is 0 Å². The number of nitrogens with one attached hydrogen (secondary N) is 1. The number of unbranched alkanes of at least 4 members (excludes halogenated alkanes) is 49. The molecule has 72 heavy (non-hydrogen) atoms. The highest BCUT2D eigenvalue weighted by Crippen LogP contribution is 2.18. The van der Waals surface area contributed by atoms with E-state index in [1.165, 1.54) is 302 Å². The maximum Gasteiger partial charge on any atom is 0.305 e. The predicted octanol–water partition coefficient (Wildman–Crippen LogP) is 20.8. The minimum Gasteiger partial charge on any atom is -0.466 e. The number of rotatable bonds is 62. The largest absolute Gasteiger partial charge is 0.466 e. The first-order valence-corrected chi connectivity index (χ1v) is 32.9. The number of ether oxygens (including phenoxy) is 1. The number of esters is 1. The van der Waals surface area contributed by atoms with Gasteiger partial charge < -0.3 is 20.3 Å². The molecule has 1 amide bonds. The van der Waals surface area contributed by atoms with Crippen LogP contribution in [-0.2, 0) is 14.3 Å². The third-order valence-corrected chi connectivity index (χ3v) is 15.6. The highest BCUT2D eigenvalue weighted by Gasteiger charge is 2.20. The van der Waals surface area contributed by atoms with Crippen LogP contribution in [0.2, 0.25) is 0 Å². The summed E-state index contributed by atoms with van der Waals surface area (Å²) in [6.45, 7) is 4.98. The Kier molecular flexibility index (Phi) is 60.9. The summed E-state index contributed by atoms with van der Waals surface area (Å²) in [5, 5.41) is 23.4. The molecule has 0 spiro atoms. The van der Waals surface area contributed by atoms with Crippen LogP contribution >= 0.6 is 0 Å². The van der Waals surface area contributed by atoms with E-state index in [9.17, 15) is 19.8 Å². The lowest BCUT2D eigenvalue weighted by molar-refractivity contribution is -0.143. The molecule has 0 saturated heterocycles. The highest BCUT2D eigenvalue weighted by atomic mass is 16.5. The minimum atomic E-state index is -0.669. The van der Waals surface area contributed by atoms with Crippen molar-refractivity contribution in [3.05, 3.63) is 12.2 Å². The molecular formula is C66H129NO5. The number of hydrogen-bond donors (Lipinski definition) is 3. The van der Waals surface area contributed by atoms with Crippen LogP contribution in [0.25, 0.3) is 0 Å². The Hall–Kier alpha value is -1.40. The third kappa shape index (κ3) is 57.9. The minimum absolute atomic E-state index is 0.0108. The van der Waals surface area contributed by atoms with Gasteiger partial charge in [0.05, 0.1) is 25.4 Å².